The molecular formula is C13H9BrClN3. The molecule has 0 fully saturated rings. The zero-order valence-electron chi connectivity index (χ0n) is 9.35. The van der Waals surface area contributed by atoms with E-state index in [1.54, 1.807) is 12.4 Å². The molecule has 0 aliphatic carbocycles. The van der Waals surface area contributed by atoms with Crippen molar-refractivity contribution in [1.29, 1.82) is 0 Å². The molecule has 0 aliphatic rings. The van der Waals surface area contributed by atoms with Crippen molar-refractivity contribution in [1.82, 2.24) is 14.4 Å². The third kappa shape index (κ3) is 2.13. The monoisotopic (exact) mass is 321 g/mol. The molecule has 18 heavy (non-hydrogen) atoms. The smallest absolute Gasteiger partial charge is 0.133 e. The first-order valence-electron chi connectivity index (χ1n) is 5.45. The molecule has 0 spiro atoms. The van der Waals surface area contributed by atoms with E-state index in [4.69, 9.17) is 11.6 Å². The number of rotatable bonds is 2. The summed E-state index contributed by atoms with van der Waals surface area (Å²) in [6.45, 7) is 0. The maximum absolute atomic E-state index is 5.88. The number of halogens is 2. The molecule has 5 heteroatoms. The third-order valence-corrected chi connectivity index (χ3v) is 3.59. The van der Waals surface area contributed by atoms with Gasteiger partial charge in [0.1, 0.15) is 10.4 Å². The Morgan fingerprint density at radius 2 is 2.00 bits per heavy atom. The molecule has 0 bridgehead atoms. The zero-order chi connectivity index (χ0) is 12.5. The SMILES string of the molecule is Clc1ccc(Cc2nc(Br)c3cnccn23)cc1. The quantitative estimate of drug-likeness (QED) is 0.719. The van der Waals surface area contributed by atoms with Crippen LogP contribution < -0.4 is 0 Å². The van der Waals surface area contributed by atoms with E-state index in [9.17, 15) is 0 Å². The van der Waals surface area contributed by atoms with Crippen LogP contribution in [0.1, 0.15) is 11.4 Å². The second kappa shape index (κ2) is 4.71. The number of imidazole rings is 1. The van der Waals surface area contributed by atoms with Gasteiger partial charge in [0, 0.05) is 23.8 Å². The molecule has 3 rings (SSSR count). The predicted octanol–water partition coefficient (Wildman–Crippen LogP) is 3.74. The van der Waals surface area contributed by atoms with Crippen LogP contribution in [-0.4, -0.2) is 14.4 Å². The molecule has 0 saturated heterocycles. The lowest BCUT2D eigenvalue weighted by molar-refractivity contribution is 0.951. The Labute approximate surface area is 118 Å². The molecule has 0 amide bonds. The first-order chi connectivity index (χ1) is 8.74. The highest BCUT2D eigenvalue weighted by atomic mass is 79.9. The number of benzene rings is 1. The van der Waals surface area contributed by atoms with E-state index in [-0.39, 0.29) is 0 Å². The highest BCUT2D eigenvalue weighted by Crippen LogP contribution is 2.20. The summed E-state index contributed by atoms with van der Waals surface area (Å²) in [5, 5.41) is 0.747. The molecular weight excluding hydrogens is 314 g/mol. The summed E-state index contributed by atoms with van der Waals surface area (Å²) < 4.78 is 2.85. The van der Waals surface area contributed by atoms with Crippen molar-refractivity contribution in [2.45, 2.75) is 6.42 Å². The number of hydrogen-bond donors (Lipinski definition) is 0. The van der Waals surface area contributed by atoms with Crippen LogP contribution in [0.4, 0.5) is 0 Å². The fraction of sp³-hybridized carbons (Fsp3) is 0.0769. The van der Waals surface area contributed by atoms with E-state index in [2.05, 4.69) is 25.9 Å². The molecule has 0 N–H and O–H groups in total. The van der Waals surface area contributed by atoms with Gasteiger partial charge in [0.25, 0.3) is 0 Å². The van der Waals surface area contributed by atoms with Crippen molar-refractivity contribution < 1.29 is 0 Å². The van der Waals surface area contributed by atoms with Gasteiger partial charge in [0.2, 0.25) is 0 Å². The minimum atomic E-state index is 0.747. The Morgan fingerprint density at radius 1 is 1.22 bits per heavy atom. The minimum absolute atomic E-state index is 0.747. The van der Waals surface area contributed by atoms with Gasteiger partial charge in [-0.25, -0.2) is 4.98 Å². The van der Waals surface area contributed by atoms with Gasteiger partial charge in [-0.05, 0) is 33.6 Å². The fourth-order valence-electron chi connectivity index (χ4n) is 1.87. The maximum Gasteiger partial charge on any atom is 0.133 e. The van der Waals surface area contributed by atoms with Crippen LogP contribution >= 0.6 is 27.5 Å². The average Bonchev–Trinajstić information content (AvgIpc) is 2.70. The second-order valence-electron chi connectivity index (χ2n) is 3.95. The van der Waals surface area contributed by atoms with Crippen LogP contribution in [0.2, 0.25) is 5.02 Å². The van der Waals surface area contributed by atoms with Crippen LogP contribution in [-0.2, 0) is 6.42 Å². The summed E-state index contributed by atoms with van der Waals surface area (Å²) in [4.78, 5) is 8.61. The number of nitrogens with zero attached hydrogens (tertiary/aromatic N) is 3. The molecule has 0 saturated carbocycles. The predicted molar refractivity (Wildman–Crippen MR) is 74.9 cm³/mol. The van der Waals surface area contributed by atoms with Crippen LogP contribution in [0.15, 0.2) is 47.5 Å². The molecule has 3 aromatic rings. The van der Waals surface area contributed by atoms with Crippen molar-refractivity contribution >= 4 is 33.0 Å². The number of hydrogen-bond acceptors (Lipinski definition) is 2. The van der Waals surface area contributed by atoms with Crippen LogP contribution in [0.3, 0.4) is 0 Å². The summed E-state index contributed by atoms with van der Waals surface area (Å²) in [5.74, 6) is 0.974. The van der Waals surface area contributed by atoms with Crippen molar-refractivity contribution in [2.24, 2.45) is 0 Å². The first-order valence-corrected chi connectivity index (χ1v) is 6.62. The fourth-order valence-corrected chi connectivity index (χ4v) is 2.50. The average molecular weight is 323 g/mol. The number of fused-ring (bicyclic) bond motifs is 1. The number of aromatic nitrogens is 3. The standard InChI is InChI=1S/C13H9BrClN3/c14-13-11-8-16-5-6-18(11)12(17-13)7-9-1-3-10(15)4-2-9/h1-6,8H,7H2. The summed E-state index contributed by atoms with van der Waals surface area (Å²) in [5.41, 5.74) is 2.15. The van der Waals surface area contributed by atoms with Gasteiger partial charge in [-0.2, -0.15) is 0 Å². The maximum atomic E-state index is 5.88. The van der Waals surface area contributed by atoms with E-state index >= 15 is 0 Å². The molecule has 0 atom stereocenters. The normalized spacial score (nSPS) is 11.0. The molecule has 0 aliphatic heterocycles. The minimum Gasteiger partial charge on any atom is -0.299 e. The van der Waals surface area contributed by atoms with Crippen molar-refractivity contribution in [2.75, 3.05) is 0 Å². The Kier molecular flexibility index (Phi) is 3.06. The van der Waals surface area contributed by atoms with Crippen LogP contribution in [0, 0.1) is 0 Å². The lowest BCUT2D eigenvalue weighted by Gasteiger charge is -2.01. The topological polar surface area (TPSA) is 30.2 Å². The van der Waals surface area contributed by atoms with E-state index in [0.717, 1.165) is 27.4 Å². The molecule has 0 radical (unpaired) electrons. The Bertz CT molecular complexity index is 691. The van der Waals surface area contributed by atoms with Crippen molar-refractivity contribution in [3.8, 4) is 0 Å². The Balaban J connectivity index is 2.02. The largest absolute Gasteiger partial charge is 0.299 e. The van der Waals surface area contributed by atoms with Gasteiger partial charge in [0.15, 0.2) is 0 Å². The van der Waals surface area contributed by atoms with Gasteiger partial charge < -0.3 is 0 Å². The van der Waals surface area contributed by atoms with E-state index in [1.807, 2.05) is 34.9 Å². The van der Waals surface area contributed by atoms with Gasteiger partial charge in [0.05, 0.1) is 11.7 Å². The van der Waals surface area contributed by atoms with Gasteiger partial charge in [-0.1, -0.05) is 23.7 Å². The molecule has 90 valence electrons. The molecule has 2 aromatic heterocycles. The highest BCUT2D eigenvalue weighted by molar-refractivity contribution is 9.10. The zero-order valence-corrected chi connectivity index (χ0v) is 11.7. The van der Waals surface area contributed by atoms with Gasteiger partial charge in [-0.15, -0.1) is 0 Å². The first kappa shape index (κ1) is 11.7. The van der Waals surface area contributed by atoms with E-state index < -0.39 is 0 Å². The summed E-state index contributed by atoms with van der Waals surface area (Å²) >= 11 is 9.33. The highest BCUT2D eigenvalue weighted by Gasteiger charge is 2.09. The summed E-state index contributed by atoms with van der Waals surface area (Å²) in [6.07, 6.45) is 6.22. The summed E-state index contributed by atoms with van der Waals surface area (Å²) in [7, 11) is 0. The molecule has 1 aromatic carbocycles. The van der Waals surface area contributed by atoms with Gasteiger partial charge in [-0.3, -0.25) is 9.38 Å². The van der Waals surface area contributed by atoms with Crippen molar-refractivity contribution in [3.63, 3.8) is 0 Å². The van der Waals surface area contributed by atoms with Crippen LogP contribution in [0.25, 0.3) is 5.52 Å². The second-order valence-corrected chi connectivity index (χ2v) is 5.14. The van der Waals surface area contributed by atoms with Crippen molar-refractivity contribution in [3.05, 3.63) is 63.9 Å². The van der Waals surface area contributed by atoms with Crippen LogP contribution in [0.5, 0.6) is 0 Å². The Morgan fingerprint density at radius 3 is 2.78 bits per heavy atom. The lowest BCUT2D eigenvalue weighted by Crippen LogP contribution is -1.96. The third-order valence-electron chi connectivity index (χ3n) is 2.75. The van der Waals surface area contributed by atoms with Gasteiger partial charge >= 0.3 is 0 Å². The van der Waals surface area contributed by atoms with E-state index in [1.165, 1.54) is 5.56 Å². The molecule has 3 nitrogen and oxygen atoms in total. The lowest BCUT2D eigenvalue weighted by atomic mass is 10.1. The molecule has 2 heterocycles. The van der Waals surface area contributed by atoms with E-state index in [0.29, 0.717) is 0 Å². The Hall–Kier alpha value is -1.39. The molecule has 0 unspecified atom stereocenters. The summed E-state index contributed by atoms with van der Waals surface area (Å²) in [6, 6.07) is 7.81.